The van der Waals surface area contributed by atoms with Gasteiger partial charge in [0, 0.05) is 12.8 Å². The second-order valence-corrected chi connectivity index (χ2v) is 16.3. The number of unbranched alkanes of at least 4 members (excludes halogenated alkanes) is 23. The van der Waals surface area contributed by atoms with Crippen LogP contribution in [-0.2, 0) is 19.1 Å². The maximum Gasteiger partial charge on any atom is 0.306 e. The summed E-state index contributed by atoms with van der Waals surface area (Å²) in [4.78, 5) is 27.7. The highest BCUT2D eigenvalue weighted by atomic mass is 16.5. The summed E-state index contributed by atoms with van der Waals surface area (Å²) in [6.07, 6.45) is 41.0. The van der Waals surface area contributed by atoms with Gasteiger partial charge in [-0.25, -0.2) is 0 Å². The van der Waals surface area contributed by atoms with Gasteiger partial charge in [0.05, 0.1) is 0 Å². The first-order valence-electron chi connectivity index (χ1n) is 24.8. The van der Waals surface area contributed by atoms with Crippen LogP contribution in [-0.4, -0.2) is 55.2 Å². The minimum atomic E-state index is 0.00182. The highest BCUT2D eigenvalue weighted by Crippen LogP contribution is 2.19. The summed E-state index contributed by atoms with van der Waals surface area (Å²) in [6.45, 7) is 17.0. The molecule has 0 heterocycles. The average Bonchev–Trinajstić information content (AvgIpc) is 3.19. The van der Waals surface area contributed by atoms with Gasteiger partial charge in [0.2, 0.25) is 0 Å². The first-order chi connectivity index (χ1) is 27.0. The normalized spacial score (nSPS) is 11.9. The summed E-state index contributed by atoms with van der Waals surface area (Å²) in [5, 5.41) is 0. The van der Waals surface area contributed by atoms with Crippen LogP contribution in [0.15, 0.2) is 0 Å². The number of esters is 2. The Morgan fingerprint density at radius 3 is 1.11 bits per heavy atom. The van der Waals surface area contributed by atoms with Crippen LogP contribution in [0, 0.1) is 0 Å². The molecule has 1 atom stereocenters. The van der Waals surface area contributed by atoms with Crippen molar-refractivity contribution in [1.82, 2.24) is 4.90 Å². The zero-order chi connectivity index (χ0) is 40.9. The number of hydrogen-bond acceptors (Lipinski definition) is 6. The molecule has 0 radical (unpaired) electrons. The van der Waals surface area contributed by atoms with E-state index in [-0.39, 0.29) is 24.1 Å². The molecule has 6 heteroatoms. The first-order valence-corrected chi connectivity index (χ1v) is 24.8. The molecule has 0 saturated heterocycles. The van der Waals surface area contributed by atoms with E-state index in [0.717, 1.165) is 84.0 Å². The molecule has 0 aliphatic heterocycles. The van der Waals surface area contributed by atoms with Crippen molar-refractivity contribution in [2.75, 3.05) is 26.2 Å². The van der Waals surface area contributed by atoms with Crippen molar-refractivity contribution in [2.24, 2.45) is 5.73 Å². The molecule has 0 fully saturated rings. The van der Waals surface area contributed by atoms with Crippen LogP contribution < -0.4 is 5.73 Å². The predicted molar refractivity (Wildman–Crippen MR) is 241 cm³/mol. The second kappa shape index (κ2) is 47.2. The van der Waals surface area contributed by atoms with E-state index < -0.39 is 0 Å². The Labute approximate surface area is 345 Å². The Morgan fingerprint density at radius 1 is 0.418 bits per heavy atom. The van der Waals surface area contributed by atoms with Crippen LogP contribution >= 0.6 is 0 Å². The van der Waals surface area contributed by atoms with Gasteiger partial charge < -0.3 is 20.1 Å². The predicted octanol–water partition coefficient (Wildman–Crippen LogP) is 14.8. The van der Waals surface area contributed by atoms with Crippen molar-refractivity contribution in [3.8, 4) is 0 Å². The fourth-order valence-electron chi connectivity index (χ4n) is 7.48. The molecule has 0 bridgehead atoms. The van der Waals surface area contributed by atoms with Crippen molar-refractivity contribution >= 4 is 11.9 Å². The van der Waals surface area contributed by atoms with Gasteiger partial charge in [0.15, 0.2) is 0 Å². The third-order valence-corrected chi connectivity index (χ3v) is 11.1. The molecule has 0 aromatic carbocycles. The maximum absolute atomic E-state index is 12.7. The lowest BCUT2D eigenvalue weighted by Crippen LogP contribution is -2.28. The molecule has 0 spiro atoms. The second-order valence-electron chi connectivity index (χ2n) is 16.3. The van der Waals surface area contributed by atoms with Crippen LogP contribution in [0.2, 0.25) is 0 Å². The number of ether oxygens (including phenoxy) is 2. The lowest BCUT2D eigenvalue weighted by atomic mass is 10.0. The van der Waals surface area contributed by atoms with Crippen LogP contribution in [0.4, 0.5) is 0 Å². The van der Waals surface area contributed by atoms with E-state index in [0.29, 0.717) is 12.8 Å². The summed E-state index contributed by atoms with van der Waals surface area (Å²) in [6, 6.07) is 0. The van der Waals surface area contributed by atoms with E-state index in [4.69, 9.17) is 15.2 Å². The Balaban J connectivity index is 0. The summed E-state index contributed by atoms with van der Waals surface area (Å²) >= 11 is 0. The smallest absolute Gasteiger partial charge is 0.306 e. The summed E-state index contributed by atoms with van der Waals surface area (Å²) in [7, 11) is 0. The van der Waals surface area contributed by atoms with Crippen LogP contribution in [0.1, 0.15) is 266 Å². The van der Waals surface area contributed by atoms with E-state index in [1.807, 2.05) is 13.8 Å². The van der Waals surface area contributed by atoms with Gasteiger partial charge in [-0.05, 0) is 103 Å². The first kappa shape index (κ1) is 56.0. The van der Waals surface area contributed by atoms with Gasteiger partial charge in [0.1, 0.15) is 12.2 Å². The molecule has 0 aliphatic carbocycles. The molecule has 0 aromatic heterocycles. The van der Waals surface area contributed by atoms with Gasteiger partial charge in [-0.2, -0.15) is 0 Å². The Bertz CT molecular complexity index is 747. The van der Waals surface area contributed by atoms with Crippen molar-refractivity contribution in [2.45, 2.75) is 278 Å². The van der Waals surface area contributed by atoms with E-state index in [1.54, 1.807) is 0 Å². The zero-order valence-corrected chi connectivity index (χ0v) is 38.4. The molecule has 330 valence electrons. The quantitative estimate of drug-likeness (QED) is 0.0490. The molecular weight excluding hydrogens is 681 g/mol. The SMILES string of the molecule is CC.CCCCCCCCC(CC)OC(=O)CCCCCCCN(CCCN)CCCCCCCC(=O)OC(CCCCCCCC)CCCCCCCC. The lowest BCUT2D eigenvalue weighted by Gasteiger charge is -2.22. The van der Waals surface area contributed by atoms with Crippen LogP contribution in [0.25, 0.3) is 0 Å². The van der Waals surface area contributed by atoms with Crippen molar-refractivity contribution in [3.05, 3.63) is 0 Å². The molecule has 6 nitrogen and oxygen atoms in total. The third-order valence-electron chi connectivity index (χ3n) is 11.1. The number of nitrogens with two attached hydrogens (primary N) is 1. The van der Waals surface area contributed by atoms with Crippen LogP contribution in [0.5, 0.6) is 0 Å². The maximum atomic E-state index is 12.7. The molecule has 0 rings (SSSR count). The molecule has 1 unspecified atom stereocenters. The topological polar surface area (TPSA) is 81.9 Å². The third kappa shape index (κ3) is 42.3. The molecular formula is C49H100N2O4. The fraction of sp³-hybridized carbons (Fsp3) is 0.959. The summed E-state index contributed by atoms with van der Waals surface area (Å²) < 4.78 is 11.8. The van der Waals surface area contributed by atoms with Crippen molar-refractivity contribution in [1.29, 1.82) is 0 Å². The number of carbonyl (C=O) groups excluding carboxylic acids is 2. The van der Waals surface area contributed by atoms with Crippen LogP contribution in [0.3, 0.4) is 0 Å². The van der Waals surface area contributed by atoms with Gasteiger partial charge in [-0.3, -0.25) is 9.59 Å². The van der Waals surface area contributed by atoms with Crippen molar-refractivity contribution in [3.63, 3.8) is 0 Å². The zero-order valence-electron chi connectivity index (χ0n) is 38.4. The Kier molecular flexibility index (Phi) is 48.1. The number of nitrogens with zero attached hydrogens (tertiary/aromatic N) is 1. The Morgan fingerprint density at radius 2 is 0.727 bits per heavy atom. The lowest BCUT2D eigenvalue weighted by molar-refractivity contribution is -0.150. The molecule has 2 N–H and O–H groups in total. The molecule has 55 heavy (non-hydrogen) atoms. The van der Waals surface area contributed by atoms with Gasteiger partial charge in [-0.15, -0.1) is 0 Å². The van der Waals surface area contributed by atoms with E-state index in [9.17, 15) is 9.59 Å². The minimum Gasteiger partial charge on any atom is -0.462 e. The fourth-order valence-corrected chi connectivity index (χ4v) is 7.48. The molecule has 0 amide bonds. The van der Waals surface area contributed by atoms with E-state index in [1.165, 1.54) is 154 Å². The standard InChI is InChI=1S/C47H94N2O4.C2H6/c1-5-9-12-15-20-27-35-44(8-4)52-46(50)38-30-23-18-25-32-41-49(43-34-40-48)42-33-26-19-24-31-39-47(51)53-45(36-28-21-16-13-10-6-2)37-29-22-17-14-11-7-3;1-2/h44-45H,5-43,48H2,1-4H3;1-2H3. The number of carbonyl (C=O) groups is 2. The molecule has 0 aliphatic rings. The highest BCUT2D eigenvalue weighted by molar-refractivity contribution is 5.69. The number of hydrogen-bond donors (Lipinski definition) is 1. The average molecular weight is 781 g/mol. The highest BCUT2D eigenvalue weighted by Gasteiger charge is 2.15. The van der Waals surface area contributed by atoms with E-state index in [2.05, 4.69) is 32.6 Å². The van der Waals surface area contributed by atoms with Gasteiger partial charge in [0.25, 0.3) is 0 Å². The monoisotopic (exact) mass is 781 g/mol. The summed E-state index contributed by atoms with van der Waals surface area (Å²) in [5.41, 5.74) is 5.85. The van der Waals surface area contributed by atoms with E-state index >= 15 is 0 Å². The van der Waals surface area contributed by atoms with Crippen molar-refractivity contribution < 1.29 is 19.1 Å². The molecule has 0 saturated carbocycles. The number of rotatable bonds is 43. The van der Waals surface area contributed by atoms with Gasteiger partial charge in [-0.1, -0.05) is 176 Å². The van der Waals surface area contributed by atoms with Gasteiger partial charge >= 0.3 is 11.9 Å². The largest absolute Gasteiger partial charge is 0.462 e. The summed E-state index contributed by atoms with van der Waals surface area (Å²) in [5.74, 6) is 0.0331. The molecule has 0 aromatic rings. The Hall–Kier alpha value is -1.14. The minimum absolute atomic E-state index is 0.00182.